The smallest absolute Gasteiger partial charge is 0.246 e. The van der Waals surface area contributed by atoms with Crippen LogP contribution in [0.15, 0.2) is 59.5 Å². The van der Waals surface area contributed by atoms with Crippen molar-refractivity contribution in [2.45, 2.75) is 4.90 Å². The number of piperazine rings is 1. The lowest BCUT2D eigenvalue weighted by Crippen LogP contribution is -2.50. The molecule has 1 aliphatic heterocycles. The molecule has 0 radical (unpaired) electrons. The minimum absolute atomic E-state index is 0.144. The number of carbonyl (C=O) groups excluding carboxylic acids is 1. The summed E-state index contributed by atoms with van der Waals surface area (Å²) in [5, 5.41) is 0. The van der Waals surface area contributed by atoms with Gasteiger partial charge in [-0.25, -0.2) is 8.42 Å². The Labute approximate surface area is 171 Å². The van der Waals surface area contributed by atoms with Crippen molar-refractivity contribution in [1.29, 1.82) is 0 Å². The van der Waals surface area contributed by atoms with Gasteiger partial charge in [0.05, 0.1) is 19.1 Å². The van der Waals surface area contributed by atoms with Crippen molar-refractivity contribution in [1.82, 2.24) is 9.21 Å². The highest BCUT2D eigenvalue weighted by Crippen LogP contribution is 2.21. The van der Waals surface area contributed by atoms with E-state index < -0.39 is 10.0 Å². The van der Waals surface area contributed by atoms with E-state index in [9.17, 15) is 13.2 Å². The minimum atomic E-state index is -3.59. The molecule has 0 atom stereocenters. The minimum Gasteiger partial charge on any atom is -0.497 e. The Hall–Kier alpha value is -2.84. The van der Waals surface area contributed by atoms with Gasteiger partial charge in [0.15, 0.2) is 0 Å². The molecular weight excluding hydrogens is 392 g/mol. The van der Waals surface area contributed by atoms with Crippen molar-refractivity contribution in [3.63, 3.8) is 0 Å². The summed E-state index contributed by atoms with van der Waals surface area (Å²) in [5.74, 6) is 1.17. The fourth-order valence-corrected chi connectivity index (χ4v) is 4.49. The number of hydrogen-bond acceptors (Lipinski definition) is 5. The summed E-state index contributed by atoms with van der Waals surface area (Å²) in [6, 6.07) is 13.7. The molecule has 0 spiro atoms. The Morgan fingerprint density at radius 1 is 0.931 bits per heavy atom. The van der Waals surface area contributed by atoms with Crippen molar-refractivity contribution < 1.29 is 22.7 Å². The van der Waals surface area contributed by atoms with Crippen LogP contribution in [0.25, 0.3) is 6.08 Å². The monoisotopic (exact) mass is 416 g/mol. The SMILES string of the molecule is COc1ccc(S(=O)(=O)N2CCN(C(=O)/C=C/c3cccc(OC)c3)CC2)cc1. The molecule has 0 unspecified atom stereocenters. The third-order valence-corrected chi connectivity index (χ3v) is 6.67. The van der Waals surface area contributed by atoms with Gasteiger partial charge in [0, 0.05) is 32.3 Å². The molecule has 0 N–H and O–H groups in total. The Morgan fingerprint density at radius 3 is 2.21 bits per heavy atom. The molecule has 0 saturated carbocycles. The zero-order valence-electron chi connectivity index (χ0n) is 16.4. The zero-order valence-corrected chi connectivity index (χ0v) is 17.3. The first-order chi connectivity index (χ1) is 13.9. The largest absolute Gasteiger partial charge is 0.497 e. The van der Waals surface area contributed by atoms with E-state index in [1.54, 1.807) is 30.2 Å². The number of benzene rings is 2. The van der Waals surface area contributed by atoms with Crippen molar-refractivity contribution in [3.05, 3.63) is 60.2 Å². The molecule has 1 aliphatic rings. The van der Waals surface area contributed by atoms with Crippen LogP contribution in [-0.4, -0.2) is 63.9 Å². The maximum Gasteiger partial charge on any atom is 0.246 e. The summed E-state index contributed by atoms with van der Waals surface area (Å²) in [6.45, 7) is 1.20. The second kappa shape index (κ2) is 9.11. The van der Waals surface area contributed by atoms with Crippen molar-refractivity contribution in [2.24, 2.45) is 0 Å². The predicted molar refractivity (Wildman–Crippen MR) is 110 cm³/mol. The molecule has 1 heterocycles. The Balaban J connectivity index is 1.60. The fraction of sp³-hybridized carbons (Fsp3) is 0.286. The topological polar surface area (TPSA) is 76.2 Å². The van der Waals surface area contributed by atoms with Gasteiger partial charge in [-0.2, -0.15) is 4.31 Å². The maximum atomic E-state index is 12.8. The van der Waals surface area contributed by atoms with E-state index in [1.807, 2.05) is 24.3 Å². The van der Waals surface area contributed by atoms with Gasteiger partial charge >= 0.3 is 0 Å². The van der Waals surface area contributed by atoms with Crippen molar-refractivity contribution in [2.75, 3.05) is 40.4 Å². The number of hydrogen-bond donors (Lipinski definition) is 0. The van der Waals surface area contributed by atoms with Crippen LogP contribution in [0.5, 0.6) is 11.5 Å². The van der Waals surface area contributed by atoms with Crippen LogP contribution in [-0.2, 0) is 14.8 Å². The standard InChI is InChI=1S/C21H24N2O5S/c1-27-18-7-9-20(10-8-18)29(25,26)23-14-12-22(13-15-23)21(24)11-6-17-4-3-5-19(16-17)28-2/h3-11,16H,12-15H2,1-2H3/b11-6+. The highest BCUT2D eigenvalue weighted by atomic mass is 32.2. The molecule has 0 aromatic heterocycles. The van der Waals surface area contributed by atoms with E-state index >= 15 is 0 Å². The van der Waals surface area contributed by atoms with Crippen LogP contribution in [0.1, 0.15) is 5.56 Å². The molecule has 0 aliphatic carbocycles. The molecule has 154 valence electrons. The number of rotatable bonds is 6. The predicted octanol–water partition coefficient (Wildman–Crippen LogP) is 2.25. The molecule has 8 heteroatoms. The molecular formula is C21H24N2O5S. The zero-order chi connectivity index (χ0) is 20.9. The lowest BCUT2D eigenvalue weighted by molar-refractivity contribution is -0.127. The van der Waals surface area contributed by atoms with E-state index in [0.29, 0.717) is 18.8 Å². The van der Waals surface area contributed by atoms with Gasteiger partial charge in [-0.15, -0.1) is 0 Å². The number of nitrogens with zero attached hydrogens (tertiary/aromatic N) is 2. The summed E-state index contributed by atoms with van der Waals surface area (Å²) >= 11 is 0. The van der Waals surface area contributed by atoms with E-state index in [1.165, 1.54) is 29.6 Å². The molecule has 2 aromatic carbocycles. The van der Waals surface area contributed by atoms with Crippen LogP contribution in [0.3, 0.4) is 0 Å². The average molecular weight is 416 g/mol. The quantitative estimate of drug-likeness (QED) is 0.675. The van der Waals surface area contributed by atoms with Gasteiger partial charge in [-0.05, 0) is 48.0 Å². The second-order valence-corrected chi connectivity index (χ2v) is 8.45. The van der Waals surface area contributed by atoms with E-state index in [2.05, 4.69) is 0 Å². The van der Waals surface area contributed by atoms with Gasteiger partial charge in [0.25, 0.3) is 0 Å². The normalized spacial score (nSPS) is 15.4. The number of ether oxygens (including phenoxy) is 2. The van der Waals surface area contributed by atoms with E-state index in [-0.39, 0.29) is 23.9 Å². The van der Waals surface area contributed by atoms with Gasteiger partial charge < -0.3 is 14.4 Å². The van der Waals surface area contributed by atoms with Gasteiger partial charge in [-0.3, -0.25) is 4.79 Å². The lowest BCUT2D eigenvalue weighted by atomic mass is 10.2. The third kappa shape index (κ3) is 4.96. The van der Waals surface area contributed by atoms with Crippen molar-refractivity contribution in [3.8, 4) is 11.5 Å². The molecule has 7 nitrogen and oxygen atoms in total. The van der Waals surface area contributed by atoms with Gasteiger partial charge in [0.1, 0.15) is 11.5 Å². The van der Waals surface area contributed by atoms with E-state index in [4.69, 9.17) is 9.47 Å². The van der Waals surface area contributed by atoms with Crippen molar-refractivity contribution >= 4 is 22.0 Å². The summed E-state index contributed by atoms with van der Waals surface area (Å²) < 4.78 is 37.2. The molecule has 1 amide bonds. The lowest BCUT2D eigenvalue weighted by Gasteiger charge is -2.33. The summed E-state index contributed by atoms with van der Waals surface area (Å²) in [6.07, 6.45) is 3.23. The molecule has 0 bridgehead atoms. The third-order valence-electron chi connectivity index (χ3n) is 4.76. The first kappa shape index (κ1) is 20.9. The fourth-order valence-electron chi connectivity index (χ4n) is 3.06. The van der Waals surface area contributed by atoms with E-state index in [0.717, 1.165) is 11.3 Å². The number of amides is 1. The Morgan fingerprint density at radius 2 is 1.59 bits per heavy atom. The molecule has 2 aromatic rings. The molecule has 29 heavy (non-hydrogen) atoms. The summed E-state index contributed by atoms with van der Waals surface area (Å²) in [7, 11) is -0.470. The van der Waals surface area contributed by atoms with Crippen LogP contribution in [0.4, 0.5) is 0 Å². The molecule has 3 rings (SSSR count). The molecule has 1 fully saturated rings. The highest BCUT2D eigenvalue weighted by Gasteiger charge is 2.29. The van der Waals surface area contributed by atoms with Gasteiger partial charge in [-0.1, -0.05) is 12.1 Å². The molecule has 1 saturated heterocycles. The van der Waals surface area contributed by atoms with Crippen LogP contribution < -0.4 is 9.47 Å². The number of carbonyl (C=O) groups is 1. The highest BCUT2D eigenvalue weighted by molar-refractivity contribution is 7.89. The van der Waals surface area contributed by atoms with Crippen LogP contribution in [0.2, 0.25) is 0 Å². The first-order valence-electron chi connectivity index (χ1n) is 9.19. The second-order valence-electron chi connectivity index (χ2n) is 6.51. The Bertz CT molecular complexity index is 978. The first-order valence-corrected chi connectivity index (χ1v) is 10.6. The summed E-state index contributed by atoms with van der Waals surface area (Å²) in [5.41, 5.74) is 0.860. The number of methoxy groups -OCH3 is 2. The average Bonchev–Trinajstić information content (AvgIpc) is 2.77. The number of sulfonamides is 1. The van der Waals surface area contributed by atoms with Crippen LogP contribution in [0, 0.1) is 0 Å². The van der Waals surface area contributed by atoms with Gasteiger partial charge in [0.2, 0.25) is 15.9 Å². The van der Waals surface area contributed by atoms with Crippen LogP contribution >= 0.6 is 0 Å². The maximum absolute atomic E-state index is 12.8. The Kier molecular flexibility index (Phi) is 6.56. The summed E-state index contributed by atoms with van der Waals surface area (Å²) in [4.78, 5) is 14.3.